The van der Waals surface area contributed by atoms with E-state index in [1.54, 1.807) is 0 Å². The van der Waals surface area contributed by atoms with Crippen LogP contribution in [0.2, 0.25) is 0 Å². The van der Waals surface area contributed by atoms with Crippen molar-refractivity contribution >= 4 is 11.9 Å². The summed E-state index contributed by atoms with van der Waals surface area (Å²) in [5, 5.41) is 0. The predicted molar refractivity (Wildman–Crippen MR) is 92.2 cm³/mol. The van der Waals surface area contributed by atoms with Crippen molar-refractivity contribution in [1.82, 2.24) is 4.90 Å². The van der Waals surface area contributed by atoms with Crippen molar-refractivity contribution in [3.63, 3.8) is 0 Å². The van der Waals surface area contributed by atoms with Crippen molar-refractivity contribution in [2.45, 2.75) is 38.3 Å². The highest BCUT2D eigenvalue weighted by molar-refractivity contribution is 5.75. The van der Waals surface area contributed by atoms with Gasteiger partial charge >= 0.3 is 11.9 Å². The molecular formula is C18H28N2O4. The Labute approximate surface area is 143 Å². The predicted octanol–water partition coefficient (Wildman–Crippen LogP) is 1.72. The summed E-state index contributed by atoms with van der Waals surface area (Å²) < 4.78 is 10.3. The van der Waals surface area contributed by atoms with E-state index in [0.717, 1.165) is 5.56 Å². The van der Waals surface area contributed by atoms with E-state index in [-0.39, 0.29) is 18.5 Å². The summed E-state index contributed by atoms with van der Waals surface area (Å²) in [6.07, 6.45) is 2.17. The summed E-state index contributed by atoms with van der Waals surface area (Å²) in [6, 6.07) is 8.92. The molecular weight excluding hydrogens is 308 g/mol. The second-order valence-electron chi connectivity index (χ2n) is 5.97. The van der Waals surface area contributed by atoms with Crippen LogP contribution in [0.1, 0.15) is 31.2 Å². The standard InChI is InChI=1S/C18H28N2O4/c1-20(2)12-13-23-18(22)16(19)10-6-7-11-17(21)24-14-15-8-4-3-5-9-15/h3-5,8-9,16H,6-7,10-14,19H2,1-2H3. The minimum absolute atomic E-state index is 0.235. The number of hydrogen-bond acceptors (Lipinski definition) is 6. The average molecular weight is 336 g/mol. The zero-order chi connectivity index (χ0) is 17.8. The first kappa shape index (κ1) is 20.1. The molecule has 0 fully saturated rings. The number of likely N-dealkylation sites (N-methyl/N-ethyl adjacent to an activating group) is 1. The van der Waals surface area contributed by atoms with Crippen LogP contribution in [0, 0.1) is 0 Å². The summed E-state index contributed by atoms with van der Waals surface area (Å²) in [5.41, 5.74) is 6.75. The molecule has 0 amide bonds. The van der Waals surface area contributed by atoms with Crippen LogP contribution in [0.4, 0.5) is 0 Å². The van der Waals surface area contributed by atoms with Gasteiger partial charge in [0.05, 0.1) is 0 Å². The highest BCUT2D eigenvalue weighted by atomic mass is 16.5. The Bertz CT molecular complexity index is 491. The molecule has 0 aliphatic carbocycles. The van der Waals surface area contributed by atoms with Gasteiger partial charge in [-0.1, -0.05) is 36.8 Å². The SMILES string of the molecule is CN(C)CCOC(=O)C(N)CCCCC(=O)OCc1ccccc1. The normalized spacial score (nSPS) is 12.0. The van der Waals surface area contributed by atoms with Gasteiger partial charge in [-0.25, -0.2) is 0 Å². The van der Waals surface area contributed by atoms with Gasteiger partial charge in [0, 0.05) is 13.0 Å². The Hall–Kier alpha value is -1.92. The third-order valence-electron chi connectivity index (χ3n) is 3.47. The number of benzene rings is 1. The van der Waals surface area contributed by atoms with Crippen molar-refractivity contribution < 1.29 is 19.1 Å². The first-order chi connectivity index (χ1) is 11.5. The topological polar surface area (TPSA) is 81.9 Å². The van der Waals surface area contributed by atoms with Crippen LogP contribution in [-0.2, 0) is 25.7 Å². The second kappa shape index (κ2) is 11.6. The van der Waals surface area contributed by atoms with E-state index in [0.29, 0.717) is 38.8 Å². The lowest BCUT2D eigenvalue weighted by Crippen LogP contribution is -2.33. The third-order valence-corrected chi connectivity index (χ3v) is 3.47. The van der Waals surface area contributed by atoms with Crippen molar-refractivity contribution in [1.29, 1.82) is 0 Å². The first-order valence-electron chi connectivity index (χ1n) is 8.25. The smallest absolute Gasteiger partial charge is 0.322 e. The summed E-state index contributed by atoms with van der Waals surface area (Å²) >= 11 is 0. The Morgan fingerprint density at radius 3 is 2.50 bits per heavy atom. The van der Waals surface area contributed by atoms with Gasteiger partial charge in [0.2, 0.25) is 0 Å². The molecule has 1 aromatic carbocycles. The lowest BCUT2D eigenvalue weighted by Gasteiger charge is -2.13. The number of rotatable bonds is 11. The molecule has 134 valence electrons. The lowest BCUT2D eigenvalue weighted by molar-refractivity contribution is -0.145. The summed E-state index contributed by atoms with van der Waals surface area (Å²) in [4.78, 5) is 25.2. The van der Waals surface area contributed by atoms with Crippen LogP contribution in [0.25, 0.3) is 0 Å². The summed E-state index contributed by atoms with van der Waals surface area (Å²) in [7, 11) is 3.81. The third kappa shape index (κ3) is 9.27. The zero-order valence-corrected chi connectivity index (χ0v) is 14.6. The van der Waals surface area contributed by atoms with Crippen LogP contribution in [-0.4, -0.2) is 50.1 Å². The van der Waals surface area contributed by atoms with Crippen LogP contribution in [0.5, 0.6) is 0 Å². The molecule has 1 aromatic rings. The van der Waals surface area contributed by atoms with E-state index in [2.05, 4.69) is 0 Å². The Morgan fingerprint density at radius 2 is 1.83 bits per heavy atom. The molecule has 0 bridgehead atoms. The maximum absolute atomic E-state index is 11.7. The molecule has 0 radical (unpaired) electrons. The monoisotopic (exact) mass is 336 g/mol. The molecule has 0 aromatic heterocycles. The van der Waals surface area contributed by atoms with E-state index < -0.39 is 6.04 Å². The molecule has 0 aliphatic rings. The van der Waals surface area contributed by atoms with Crippen molar-refractivity contribution in [2.75, 3.05) is 27.2 Å². The molecule has 0 saturated carbocycles. The molecule has 1 atom stereocenters. The Balaban J connectivity index is 2.07. The number of nitrogens with two attached hydrogens (primary N) is 1. The second-order valence-corrected chi connectivity index (χ2v) is 5.97. The zero-order valence-electron chi connectivity index (χ0n) is 14.6. The molecule has 0 aliphatic heterocycles. The highest BCUT2D eigenvalue weighted by Crippen LogP contribution is 2.07. The fourth-order valence-electron chi connectivity index (χ4n) is 2.00. The molecule has 1 unspecified atom stereocenters. The van der Waals surface area contributed by atoms with Gasteiger partial charge < -0.3 is 20.1 Å². The number of hydrogen-bond donors (Lipinski definition) is 1. The number of ether oxygens (including phenoxy) is 2. The van der Waals surface area contributed by atoms with Crippen molar-refractivity contribution in [2.24, 2.45) is 5.73 Å². The van der Waals surface area contributed by atoms with Gasteiger partial charge in [-0.2, -0.15) is 0 Å². The van der Waals surface area contributed by atoms with E-state index in [9.17, 15) is 9.59 Å². The number of unbranched alkanes of at least 4 members (excludes halogenated alkanes) is 1. The van der Waals surface area contributed by atoms with Crippen molar-refractivity contribution in [3.8, 4) is 0 Å². The van der Waals surface area contributed by atoms with Gasteiger partial charge in [-0.3, -0.25) is 9.59 Å². The number of nitrogens with zero attached hydrogens (tertiary/aromatic N) is 1. The molecule has 0 spiro atoms. The van der Waals surface area contributed by atoms with Gasteiger partial charge in [-0.05, 0) is 32.5 Å². The largest absolute Gasteiger partial charge is 0.463 e. The minimum atomic E-state index is -0.632. The van der Waals surface area contributed by atoms with Gasteiger partial charge in [0.15, 0.2) is 0 Å². The molecule has 0 heterocycles. The fourth-order valence-corrected chi connectivity index (χ4v) is 2.00. The molecule has 6 heteroatoms. The quantitative estimate of drug-likeness (QED) is 0.489. The van der Waals surface area contributed by atoms with Gasteiger partial charge in [0.25, 0.3) is 0 Å². The maximum atomic E-state index is 11.7. The summed E-state index contributed by atoms with van der Waals surface area (Å²) in [6.45, 7) is 1.30. The fraction of sp³-hybridized carbons (Fsp3) is 0.556. The average Bonchev–Trinajstić information content (AvgIpc) is 2.57. The van der Waals surface area contributed by atoms with Crippen LogP contribution >= 0.6 is 0 Å². The van der Waals surface area contributed by atoms with E-state index in [1.807, 2.05) is 49.3 Å². The molecule has 2 N–H and O–H groups in total. The minimum Gasteiger partial charge on any atom is -0.463 e. The van der Waals surface area contributed by atoms with Crippen LogP contribution in [0.3, 0.4) is 0 Å². The Morgan fingerprint density at radius 1 is 1.12 bits per heavy atom. The highest BCUT2D eigenvalue weighted by Gasteiger charge is 2.15. The molecule has 0 saturated heterocycles. The number of carbonyl (C=O) groups excluding carboxylic acids is 2. The first-order valence-corrected chi connectivity index (χ1v) is 8.25. The molecule has 24 heavy (non-hydrogen) atoms. The number of carbonyl (C=O) groups is 2. The van der Waals surface area contributed by atoms with Crippen LogP contribution < -0.4 is 5.73 Å². The van der Waals surface area contributed by atoms with Crippen LogP contribution in [0.15, 0.2) is 30.3 Å². The summed E-state index contributed by atoms with van der Waals surface area (Å²) in [5.74, 6) is -0.621. The van der Waals surface area contributed by atoms with E-state index in [1.165, 1.54) is 0 Å². The Kier molecular flexibility index (Phi) is 9.72. The van der Waals surface area contributed by atoms with E-state index >= 15 is 0 Å². The van der Waals surface area contributed by atoms with Gasteiger partial charge in [-0.15, -0.1) is 0 Å². The molecule has 6 nitrogen and oxygen atoms in total. The number of esters is 2. The lowest BCUT2D eigenvalue weighted by atomic mass is 10.1. The maximum Gasteiger partial charge on any atom is 0.322 e. The van der Waals surface area contributed by atoms with Gasteiger partial charge in [0.1, 0.15) is 19.3 Å². The van der Waals surface area contributed by atoms with E-state index in [4.69, 9.17) is 15.2 Å². The molecule has 1 rings (SSSR count). The van der Waals surface area contributed by atoms with Crippen molar-refractivity contribution in [3.05, 3.63) is 35.9 Å².